The van der Waals surface area contributed by atoms with Crippen molar-refractivity contribution in [3.05, 3.63) is 71.0 Å². The number of rotatable bonds is 5. The molecule has 1 saturated heterocycles. The number of ether oxygens (including phenoxy) is 1. The van der Waals surface area contributed by atoms with E-state index in [1.165, 1.54) is 4.80 Å². The molecule has 2 heterocycles. The second kappa shape index (κ2) is 8.88. The van der Waals surface area contributed by atoms with Crippen molar-refractivity contribution in [2.24, 2.45) is 5.92 Å². The summed E-state index contributed by atoms with van der Waals surface area (Å²) in [5.41, 5.74) is 2.34. The molecule has 6 nitrogen and oxygen atoms in total. The SMILES string of the molecule is Cc1ccc(-n2nccn2)c(C(=O)N2C[C@H](COc3cccc(Cl)c3)CC[C@H]2C)c1. The highest BCUT2D eigenvalue weighted by Crippen LogP contribution is 2.27. The summed E-state index contributed by atoms with van der Waals surface area (Å²) in [7, 11) is 0. The molecule has 0 spiro atoms. The van der Waals surface area contributed by atoms with Crippen molar-refractivity contribution in [3.63, 3.8) is 0 Å². The molecule has 2 aromatic carbocycles. The second-order valence-electron chi connectivity index (χ2n) is 7.86. The third-order valence-electron chi connectivity index (χ3n) is 5.54. The Morgan fingerprint density at radius 2 is 1.97 bits per heavy atom. The Labute approximate surface area is 181 Å². The third kappa shape index (κ3) is 4.49. The Balaban J connectivity index is 1.51. The zero-order chi connectivity index (χ0) is 21.1. The molecule has 1 fully saturated rings. The average molecular weight is 425 g/mol. The van der Waals surface area contributed by atoms with E-state index < -0.39 is 0 Å². The van der Waals surface area contributed by atoms with Gasteiger partial charge in [0.15, 0.2) is 0 Å². The van der Waals surface area contributed by atoms with Crippen LogP contribution in [0.15, 0.2) is 54.9 Å². The zero-order valence-corrected chi connectivity index (χ0v) is 17.9. The Bertz CT molecular complexity index is 1020. The van der Waals surface area contributed by atoms with Crippen molar-refractivity contribution in [3.8, 4) is 11.4 Å². The first-order valence-corrected chi connectivity index (χ1v) is 10.6. The summed E-state index contributed by atoms with van der Waals surface area (Å²) in [5.74, 6) is 1.02. The fraction of sp³-hybridized carbons (Fsp3) is 0.348. The number of benzene rings is 2. The van der Waals surface area contributed by atoms with E-state index in [1.807, 2.05) is 54.3 Å². The van der Waals surface area contributed by atoms with Gasteiger partial charge in [0.25, 0.3) is 5.91 Å². The van der Waals surface area contributed by atoms with Gasteiger partial charge in [0.2, 0.25) is 0 Å². The van der Waals surface area contributed by atoms with E-state index in [4.69, 9.17) is 16.3 Å². The largest absolute Gasteiger partial charge is 0.493 e. The minimum absolute atomic E-state index is 0.00551. The van der Waals surface area contributed by atoms with E-state index in [-0.39, 0.29) is 17.9 Å². The van der Waals surface area contributed by atoms with Gasteiger partial charge < -0.3 is 9.64 Å². The third-order valence-corrected chi connectivity index (χ3v) is 5.77. The van der Waals surface area contributed by atoms with E-state index in [2.05, 4.69) is 17.1 Å². The second-order valence-corrected chi connectivity index (χ2v) is 8.29. The van der Waals surface area contributed by atoms with E-state index >= 15 is 0 Å². The molecule has 1 aliphatic heterocycles. The van der Waals surface area contributed by atoms with Crippen molar-refractivity contribution in [1.29, 1.82) is 0 Å². The van der Waals surface area contributed by atoms with Gasteiger partial charge in [-0.1, -0.05) is 29.3 Å². The minimum Gasteiger partial charge on any atom is -0.493 e. The van der Waals surface area contributed by atoms with Gasteiger partial charge in [0.05, 0.1) is 30.3 Å². The molecule has 3 aromatic rings. The van der Waals surface area contributed by atoms with Crippen LogP contribution in [0, 0.1) is 12.8 Å². The van der Waals surface area contributed by atoms with Gasteiger partial charge in [0, 0.05) is 23.5 Å². The lowest BCUT2D eigenvalue weighted by Gasteiger charge is -2.38. The van der Waals surface area contributed by atoms with Crippen molar-refractivity contribution >= 4 is 17.5 Å². The number of carbonyl (C=O) groups is 1. The number of aryl methyl sites for hydroxylation is 1. The summed E-state index contributed by atoms with van der Waals surface area (Å²) in [6, 6.07) is 13.4. The molecule has 4 rings (SSSR count). The Kier molecular flexibility index (Phi) is 6.04. The summed E-state index contributed by atoms with van der Waals surface area (Å²) >= 11 is 6.04. The summed E-state index contributed by atoms with van der Waals surface area (Å²) in [6.07, 6.45) is 5.19. The van der Waals surface area contributed by atoms with Gasteiger partial charge >= 0.3 is 0 Å². The van der Waals surface area contributed by atoms with Gasteiger partial charge in [-0.3, -0.25) is 4.79 Å². The van der Waals surface area contributed by atoms with Crippen LogP contribution >= 0.6 is 11.6 Å². The Morgan fingerprint density at radius 3 is 2.73 bits per heavy atom. The van der Waals surface area contributed by atoms with Crippen molar-refractivity contribution < 1.29 is 9.53 Å². The first-order chi connectivity index (χ1) is 14.5. The number of likely N-dealkylation sites (tertiary alicyclic amines) is 1. The maximum absolute atomic E-state index is 13.5. The van der Waals surface area contributed by atoms with Crippen LogP contribution in [0.25, 0.3) is 5.69 Å². The number of piperidine rings is 1. The van der Waals surface area contributed by atoms with Gasteiger partial charge in [-0.25, -0.2) is 0 Å². The summed E-state index contributed by atoms with van der Waals surface area (Å²) in [5, 5.41) is 9.08. The van der Waals surface area contributed by atoms with Gasteiger partial charge in [0.1, 0.15) is 5.75 Å². The predicted molar refractivity (Wildman–Crippen MR) is 116 cm³/mol. The highest BCUT2D eigenvalue weighted by molar-refractivity contribution is 6.30. The molecular weight excluding hydrogens is 400 g/mol. The van der Waals surface area contributed by atoms with Gasteiger partial charge in [-0.05, 0) is 57.0 Å². The van der Waals surface area contributed by atoms with Gasteiger partial charge in [-0.15, -0.1) is 0 Å². The number of halogens is 1. The van der Waals surface area contributed by atoms with Crippen LogP contribution in [-0.4, -0.2) is 45.0 Å². The lowest BCUT2D eigenvalue weighted by atomic mass is 9.93. The number of carbonyl (C=O) groups excluding carboxylic acids is 1. The molecule has 7 heteroatoms. The van der Waals surface area contributed by atoms with Crippen LogP contribution < -0.4 is 4.74 Å². The average Bonchev–Trinajstić information content (AvgIpc) is 3.27. The lowest BCUT2D eigenvalue weighted by molar-refractivity contribution is 0.0505. The number of aromatic nitrogens is 3. The highest BCUT2D eigenvalue weighted by Gasteiger charge is 2.31. The molecule has 1 aromatic heterocycles. The van der Waals surface area contributed by atoms with Crippen LogP contribution in [0.3, 0.4) is 0 Å². The highest BCUT2D eigenvalue weighted by atomic mass is 35.5. The van der Waals surface area contributed by atoms with Crippen LogP contribution in [0.2, 0.25) is 5.02 Å². The molecule has 0 bridgehead atoms. The maximum Gasteiger partial charge on any atom is 0.256 e. The summed E-state index contributed by atoms with van der Waals surface area (Å²) in [6.45, 7) is 5.30. The number of nitrogens with zero attached hydrogens (tertiary/aromatic N) is 4. The molecule has 156 valence electrons. The van der Waals surface area contributed by atoms with Crippen LogP contribution in [0.5, 0.6) is 5.75 Å². The Hall–Kier alpha value is -2.86. The van der Waals surface area contributed by atoms with Gasteiger partial charge in [-0.2, -0.15) is 15.0 Å². The monoisotopic (exact) mass is 424 g/mol. The molecule has 30 heavy (non-hydrogen) atoms. The van der Waals surface area contributed by atoms with E-state index in [0.717, 1.165) is 24.2 Å². The standard InChI is InChI=1S/C23H25ClN4O2/c1-16-6-9-22(28-25-10-11-26-28)21(12-16)23(29)27-14-18(8-7-17(27)2)15-30-20-5-3-4-19(24)13-20/h3-6,9-13,17-18H,7-8,14-15H2,1-2H3/t17-,18-/m1/s1. The molecule has 0 aliphatic carbocycles. The van der Waals surface area contributed by atoms with E-state index in [9.17, 15) is 4.79 Å². The lowest BCUT2D eigenvalue weighted by Crippen LogP contribution is -2.47. The van der Waals surface area contributed by atoms with Crippen molar-refractivity contribution in [1.82, 2.24) is 19.9 Å². The summed E-state index contributed by atoms with van der Waals surface area (Å²) in [4.78, 5) is 17.0. The molecule has 1 aliphatic rings. The molecular formula is C23H25ClN4O2. The van der Waals surface area contributed by atoms with E-state index in [1.54, 1.807) is 12.4 Å². The quantitative estimate of drug-likeness (QED) is 0.602. The minimum atomic E-state index is 0.00551. The van der Waals surface area contributed by atoms with Crippen molar-refractivity contribution in [2.75, 3.05) is 13.2 Å². The molecule has 1 amide bonds. The normalized spacial score (nSPS) is 19.0. The molecule has 0 saturated carbocycles. The van der Waals surface area contributed by atoms with Crippen LogP contribution in [0.1, 0.15) is 35.7 Å². The Morgan fingerprint density at radius 1 is 1.17 bits per heavy atom. The molecule has 0 radical (unpaired) electrons. The number of amides is 1. The predicted octanol–water partition coefficient (Wildman–Crippen LogP) is 4.55. The van der Waals surface area contributed by atoms with Crippen LogP contribution in [0.4, 0.5) is 0 Å². The summed E-state index contributed by atoms with van der Waals surface area (Å²) < 4.78 is 5.95. The maximum atomic E-state index is 13.5. The number of hydrogen-bond donors (Lipinski definition) is 0. The topological polar surface area (TPSA) is 60.2 Å². The fourth-order valence-corrected chi connectivity index (χ4v) is 4.04. The smallest absolute Gasteiger partial charge is 0.256 e. The molecule has 0 N–H and O–H groups in total. The molecule has 0 unspecified atom stereocenters. The van der Waals surface area contributed by atoms with E-state index in [0.29, 0.717) is 29.4 Å². The van der Waals surface area contributed by atoms with Crippen LogP contribution in [-0.2, 0) is 0 Å². The number of hydrogen-bond acceptors (Lipinski definition) is 4. The molecule has 2 atom stereocenters. The zero-order valence-electron chi connectivity index (χ0n) is 17.2. The first kappa shape index (κ1) is 20.4. The first-order valence-electron chi connectivity index (χ1n) is 10.2. The fourth-order valence-electron chi connectivity index (χ4n) is 3.86. The van der Waals surface area contributed by atoms with Crippen molar-refractivity contribution in [2.45, 2.75) is 32.7 Å².